The molecule has 0 radical (unpaired) electrons. The minimum Gasteiger partial charge on any atom is -0.385 e. The van der Waals surface area contributed by atoms with Crippen LogP contribution in [0.1, 0.15) is 24.0 Å². The average Bonchev–Trinajstić information content (AvgIpc) is 2.77. The first-order valence-corrected chi connectivity index (χ1v) is 5.01. The highest BCUT2D eigenvalue weighted by Gasteiger charge is 2.43. The molecular formula is C10H10BrFO. The normalized spacial score (nSPS) is 18.8. The van der Waals surface area contributed by atoms with Crippen molar-refractivity contribution in [2.75, 3.05) is 0 Å². The maximum atomic E-state index is 13.0. The van der Waals surface area contributed by atoms with Crippen LogP contribution in [0.3, 0.4) is 0 Å². The largest absolute Gasteiger partial charge is 0.385 e. The van der Waals surface area contributed by atoms with Crippen LogP contribution in [0.25, 0.3) is 0 Å². The zero-order chi connectivity index (χ0) is 9.64. The van der Waals surface area contributed by atoms with Crippen LogP contribution in [0.5, 0.6) is 0 Å². The van der Waals surface area contributed by atoms with E-state index in [1.165, 1.54) is 6.07 Å². The molecule has 1 N–H and O–H groups in total. The Morgan fingerprint density at radius 2 is 2.08 bits per heavy atom. The van der Waals surface area contributed by atoms with Crippen molar-refractivity contribution in [1.82, 2.24) is 0 Å². The van der Waals surface area contributed by atoms with Gasteiger partial charge in [-0.25, -0.2) is 4.39 Å². The summed E-state index contributed by atoms with van der Waals surface area (Å²) in [5, 5.41) is 9.85. The van der Waals surface area contributed by atoms with Gasteiger partial charge in [0.05, 0.1) is 10.1 Å². The van der Waals surface area contributed by atoms with E-state index in [0.717, 1.165) is 24.0 Å². The molecule has 0 spiro atoms. The fourth-order valence-electron chi connectivity index (χ4n) is 1.54. The lowest BCUT2D eigenvalue weighted by Crippen LogP contribution is -2.07. The molecular weight excluding hydrogens is 235 g/mol. The number of hydrogen-bond acceptors (Lipinski definition) is 1. The molecule has 0 atom stereocenters. The van der Waals surface area contributed by atoms with Crippen LogP contribution in [-0.2, 0) is 5.60 Å². The Kier molecular flexibility index (Phi) is 1.96. The first kappa shape index (κ1) is 9.16. The summed E-state index contributed by atoms with van der Waals surface area (Å²) in [7, 11) is 0. The van der Waals surface area contributed by atoms with Gasteiger partial charge in [0.2, 0.25) is 0 Å². The van der Waals surface area contributed by atoms with Crippen LogP contribution < -0.4 is 0 Å². The maximum absolute atomic E-state index is 13.0. The molecule has 1 saturated carbocycles. The van der Waals surface area contributed by atoms with Gasteiger partial charge in [-0.2, -0.15) is 0 Å². The third-order valence-corrected chi connectivity index (χ3v) is 3.10. The zero-order valence-corrected chi connectivity index (χ0v) is 8.86. The Morgan fingerprint density at radius 3 is 2.62 bits per heavy atom. The number of hydrogen-bond donors (Lipinski definition) is 1. The first-order valence-electron chi connectivity index (χ1n) is 4.21. The zero-order valence-electron chi connectivity index (χ0n) is 7.27. The van der Waals surface area contributed by atoms with Gasteiger partial charge in [0, 0.05) is 0 Å². The van der Waals surface area contributed by atoms with E-state index in [-0.39, 0.29) is 5.82 Å². The molecule has 0 heterocycles. The van der Waals surface area contributed by atoms with Crippen LogP contribution in [-0.4, -0.2) is 5.11 Å². The number of aryl methyl sites for hydroxylation is 1. The van der Waals surface area contributed by atoms with E-state index in [4.69, 9.17) is 0 Å². The molecule has 3 heteroatoms. The maximum Gasteiger partial charge on any atom is 0.137 e. The van der Waals surface area contributed by atoms with E-state index in [1.54, 1.807) is 6.07 Å². The van der Waals surface area contributed by atoms with Crippen molar-refractivity contribution < 1.29 is 9.50 Å². The van der Waals surface area contributed by atoms with Crippen LogP contribution in [0.15, 0.2) is 16.6 Å². The lowest BCUT2D eigenvalue weighted by Gasteiger charge is -2.12. The van der Waals surface area contributed by atoms with Crippen molar-refractivity contribution in [2.24, 2.45) is 0 Å². The summed E-state index contributed by atoms with van der Waals surface area (Å²) in [6, 6.07) is 3.13. The van der Waals surface area contributed by atoms with Crippen molar-refractivity contribution in [3.8, 4) is 0 Å². The number of rotatable bonds is 1. The van der Waals surface area contributed by atoms with E-state index >= 15 is 0 Å². The van der Waals surface area contributed by atoms with Gasteiger partial charge in [0.25, 0.3) is 0 Å². The third kappa shape index (κ3) is 1.51. The van der Waals surface area contributed by atoms with Crippen molar-refractivity contribution >= 4 is 15.9 Å². The van der Waals surface area contributed by atoms with Gasteiger partial charge in [0.15, 0.2) is 0 Å². The van der Waals surface area contributed by atoms with Crippen LogP contribution >= 0.6 is 15.9 Å². The van der Waals surface area contributed by atoms with Crippen molar-refractivity contribution in [1.29, 1.82) is 0 Å². The molecule has 1 nitrogen and oxygen atoms in total. The molecule has 1 aromatic rings. The van der Waals surface area contributed by atoms with E-state index < -0.39 is 5.60 Å². The topological polar surface area (TPSA) is 20.2 Å². The van der Waals surface area contributed by atoms with Crippen molar-refractivity contribution in [2.45, 2.75) is 25.4 Å². The average molecular weight is 245 g/mol. The van der Waals surface area contributed by atoms with E-state index in [2.05, 4.69) is 15.9 Å². The highest BCUT2D eigenvalue weighted by atomic mass is 79.9. The number of aliphatic hydroxyl groups is 1. The Balaban J connectivity index is 2.52. The fourth-order valence-corrected chi connectivity index (χ4v) is 1.88. The highest BCUT2D eigenvalue weighted by molar-refractivity contribution is 9.10. The molecule has 13 heavy (non-hydrogen) atoms. The van der Waals surface area contributed by atoms with Crippen LogP contribution in [0, 0.1) is 12.7 Å². The molecule has 0 aliphatic heterocycles. The summed E-state index contributed by atoms with van der Waals surface area (Å²) in [6.45, 7) is 1.82. The van der Waals surface area contributed by atoms with Crippen LogP contribution in [0.2, 0.25) is 0 Å². The molecule has 0 bridgehead atoms. The summed E-state index contributed by atoms with van der Waals surface area (Å²) in [5.74, 6) is -0.273. The van der Waals surface area contributed by atoms with Gasteiger partial charge in [-0.05, 0) is 59.0 Å². The molecule has 0 aromatic heterocycles. The molecule has 70 valence electrons. The van der Waals surface area contributed by atoms with Gasteiger partial charge in [-0.15, -0.1) is 0 Å². The molecule has 2 rings (SSSR count). The number of benzene rings is 1. The second-order valence-corrected chi connectivity index (χ2v) is 4.47. The van der Waals surface area contributed by atoms with E-state index in [1.807, 2.05) is 6.92 Å². The van der Waals surface area contributed by atoms with Gasteiger partial charge in [0.1, 0.15) is 5.82 Å². The Hall–Kier alpha value is -0.410. The SMILES string of the molecule is Cc1cc(F)c(Br)cc1C1(O)CC1. The van der Waals surface area contributed by atoms with Crippen LogP contribution in [0.4, 0.5) is 4.39 Å². The second kappa shape index (κ2) is 2.79. The summed E-state index contributed by atoms with van der Waals surface area (Å²) in [5.41, 5.74) is 0.988. The Morgan fingerprint density at radius 1 is 1.46 bits per heavy atom. The van der Waals surface area contributed by atoms with Crippen molar-refractivity contribution in [3.05, 3.63) is 33.5 Å². The minimum atomic E-state index is -0.680. The quantitative estimate of drug-likeness (QED) is 0.806. The predicted molar refractivity (Wildman–Crippen MR) is 52.0 cm³/mol. The summed E-state index contributed by atoms with van der Waals surface area (Å²) < 4.78 is 13.5. The van der Waals surface area contributed by atoms with E-state index in [9.17, 15) is 9.50 Å². The smallest absolute Gasteiger partial charge is 0.137 e. The number of halogens is 2. The van der Waals surface area contributed by atoms with Gasteiger partial charge in [-0.3, -0.25) is 0 Å². The van der Waals surface area contributed by atoms with Gasteiger partial charge >= 0.3 is 0 Å². The third-order valence-electron chi connectivity index (χ3n) is 2.49. The molecule has 0 unspecified atom stereocenters. The monoisotopic (exact) mass is 244 g/mol. The summed E-state index contributed by atoms with van der Waals surface area (Å²) >= 11 is 3.11. The molecule has 1 aliphatic rings. The lowest BCUT2D eigenvalue weighted by molar-refractivity contribution is 0.150. The van der Waals surface area contributed by atoms with Gasteiger partial charge in [-0.1, -0.05) is 0 Å². The fraction of sp³-hybridized carbons (Fsp3) is 0.400. The molecule has 1 fully saturated rings. The predicted octanol–water partition coefficient (Wildman–Crippen LogP) is 2.88. The van der Waals surface area contributed by atoms with Gasteiger partial charge < -0.3 is 5.11 Å². The summed E-state index contributed by atoms with van der Waals surface area (Å²) in [4.78, 5) is 0. The Bertz CT molecular complexity index is 358. The molecule has 0 saturated heterocycles. The first-order chi connectivity index (χ1) is 6.03. The van der Waals surface area contributed by atoms with Crippen molar-refractivity contribution in [3.63, 3.8) is 0 Å². The minimum absolute atomic E-state index is 0.273. The molecule has 1 aliphatic carbocycles. The highest BCUT2D eigenvalue weighted by Crippen LogP contribution is 2.47. The Labute approximate surface area is 84.7 Å². The lowest BCUT2D eigenvalue weighted by atomic mass is 10.0. The second-order valence-electron chi connectivity index (χ2n) is 3.61. The summed E-state index contributed by atoms with van der Waals surface area (Å²) in [6.07, 6.45) is 1.57. The molecule has 0 amide bonds. The van der Waals surface area contributed by atoms with E-state index in [0.29, 0.717) is 4.47 Å². The molecule has 1 aromatic carbocycles. The standard InChI is InChI=1S/C10H10BrFO/c1-6-4-9(12)8(11)5-7(6)10(13)2-3-10/h4-5,13H,2-3H2,1H3.